The maximum Gasteiger partial charge on any atom is 0.379 e. The van der Waals surface area contributed by atoms with E-state index in [1.165, 1.54) is 24.3 Å². The SMILES string of the molecule is CCCCCC[P@@](=O)(OCCCC)Oc1ccc([N+](=O)[O-])cc1. The van der Waals surface area contributed by atoms with Crippen LogP contribution in [0.1, 0.15) is 52.4 Å². The lowest BCUT2D eigenvalue weighted by atomic mass is 10.2. The molecule has 0 radical (unpaired) electrons. The van der Waals surface area contributed by atoms with Gasteiger partial charge in [0.1, 0.15) is 5.75 Å². The molecule has 6 nitrogen and oxygen atoms in total. The molecule has 7 heteroatoms. The van der Waals surface area contributed by atoms with Gasteiger partial charge in [-0.3, -0.25) is 14.6 Å². The monoisotopic (exact) mass is 343 g/mol. The molecular weight excluding hydrogens is 317 g/mol. The normalized spacial score (nSPS) is 13.5. The first-order valence-corrected chi connectivity index (χ1v) is 9.91. The van der Waals surface area contributed by atoms with Crippen LogP contribution in [-0.4, -0.2) is 17.7 Å². The summed E-state index contributed by atoms with van der Waals surface area (Å²) in [6.45, 7) is 4.55. The summed E-state index contributed by atoms with van der Waals surface area (Å²) in [7, 11) is -3.22. The topological polar surface area (TPSA) is 78.7 Å². The lowest BCUT2D eigenvalue weighted by Crippen LogP contribution is -2.04. The van der Waals surface area contributed by atoms with Crippen molar-refractivity contribution in [3.63, 3.8) is 0 Å². The molecular formula is C16H26NO5P. The van der Waals surface area contributed by atoms with Gasteiger partial charge in [0, 0.05) is 12.1 Å². The molecule has 0 saturated heterocycles. The third-order valence-electron chi connectivity index (χ3n) is 3.36. The first kappa shape index (κ1) is 19.7. The molecule has 0 unspecified atom stereocenters. The minimum absolute atomic E-state index is 0.0259. The highest BCUT2D eigenvalue weighted by Gasteiger charge is 2.25. The van der Waals surface area contributed by atoms with Gasteiger partial charge >= 0.3 is 7.60 Å². The van der Waals surface area contributed by atoms with Crippen molar-refractivity contribution in [3.8, 4) is 5.75 Å². The summed E-state index contributed by atoms with van der Waals surface area (Å²) in [6.07, 6.45) is 6.10. The number of non-ortho nitro benzene ring substituents is 1. The number of rotatable bonds is 12. The zero-order valence-electron chi connectivity index (χ0n) is 13.9. The van der Waals surface area contributed by atoms with E-state index in [1.807, 2.05) is 6.92 Å². The van der Waals surface area contributed by atoms with Crippen LogP contribution in [0, 0.1) is 10.1 Å². The molecule has 130 valence electrons. The Balaban J connectivity index is 2.69. The summed E-state index contributed by atoms with van der Waals surface area (Å²) in [5, 5.41) is 10.7. The fourth-order valence-corrected chi connectivity index (χ4v) is 3.74. The van der Waals surface area contributed by atoms with E-state index in [1.54, 1.807) is 0 Å². The van der Waals surface area contributed by atoms with Gasteiger partial charge in [0.15, 0.2) is 0 Å². The Kier molecular flexibility index (Phi) is 8.89. The third kappa shape index (κ3) is 7.62. The first-order chi connectivity index (χ1) is 11.0. The van der Waals surface area contributed by atoms with Crippen LogP contribution in [0.4, 0.5) is 5.69 Å². The highest BCUT2D eigenvalue weighted by Crippen LogP contribution is 2.49. The van der Waals surface area contributed by atoms with E-state index in [9.17, 15) is 14.7 Å². The number of unbranched alkanes of at least 4 members (excludes halogenated alkanes) is 4. The molecule has 0 N–H and O–H groups in total. The standard InChI is InChI=1S/C16H26NO5P/c1-3-5-7-8-14-23(20,21-13-6-4-2)22-16-11-9-15(10-12-16)17(18)19/h9-12H,3-8,13-14H2,1-2H3/t23-/m1/s1. The Labute approximate surface area is 137 Å². The van der Waals surface area contributed by atoms with E-state index in [2.05, 4.69) is 6.92 Å². The predicted molar refractivity (Wildman–Crippen MR) is 91.2 cm³/mol. The van der Waals surface area contributed by atoms with Crippen molar-refractivity contribution in [2.24, 2.45) is 0 Å². The largest absolute Gasteiger partial charge is 0.424 e. The van der Waals surface area contributed by atoms with Crippen LogP contribution in [0.25, 0.3) is 0 Å². The molecule has 1 atom stereocenters. The van der Waals surface area contributed by atoms with Crippen LogP contribution in [-0.2, 0) is 9.09 Å². The van der Waals surface area contributed by atoms with E-state index in [-0.39, 0.29) is 5.69 Å². The van der Waals surface area contributed by atoms with Crippen molar-refractivity contribution in [1.82, 2.24) is 0 Å². The minimum atomic E-state index is -3.22. The number of nitrogens with zero attached hydrogens (tertiary/aromatic N) is 1. The van der Waals surface area contributed by atoms with Crippen molar-refractivity contribution in [2.75, 3.05) is 12.8 Å². The van der Waals surface area contributed by atoms with Crippen LogP contribution >= 0.6 is 7.60 Å². The van der Waals surface area contributed by atoms with Gasteiger partial charge in [-0.1, -0.05) is 39.5 Å². The molecule has 0 heterocycles. The van der Waals surface area contributed by atoms with Crippen molar-refractivity contribution >= 4 is 13.3 Å². The van der Waals surface area contributed by atoms with Crippen LogP contribution in [0.3, 0.4) is 0 Å². The van der Waals surface area contributed by atoms with E-state index in [0.717, 1.165) is 38.5 Å². The van der Waals surface area contributed by atoms with Crippen molar-refractivity contribution < 1.29 is 18.5 Å². The number of benzene rings is 1. The van der Waals surface area contributed by atoms with Crippen molar-refractivity contribution in [2.45, 2.75) is 52.4 Å². The van der Waals surface area contributed by atoms with Crippen LogP contribution < -0.4 is 4.52 Å². The van der Waals surface area contributed by atoms with Crippen LogP contribution in [0.15, 0.2) is 24.3 Å². The van der Waals surface area contributed by atoms with E-state index in [0.29, 0.717) is 18.5 Å². The number of hydrogen-bond acceptors (Lipinski definition) is 5. The average Bonchev–Trinajstić information content (AvgIpc) is 2.52. The molecule has 0 aliphatic carbocycles. The molecule has 0 aromatic heterocycles. The highest BCUT2D eigenvalue weighted by atomic mass is 31.2. The fraction of sp³-hybridized carbons (Fsp3) is 0.625. The summed E-state index contributed by atoms with van der Waals surface area (Å²) >= 11 is 0. The molecule has 0 spiro atoms. The van der Waals surface area contributed by atoms with Gasteiger partial charge < -0.3 is 4.52 Å². The maximum atomic E-state index is 12.9. The Morgan fingerprint density at radius 2 is 1.70 bits per heavy atom. The zero-order valence-corrected chi connectivity index (χ0v) is 14.8. The molecule has 0 fully saturated rings. The summed E-state index contributed by atoms with van der Waals surface area (Å²) in [5.74, 6) is 0.339. The van der Waals surface area contributed by atoms with Gasteiger partial charge in [0.05, 0.1) is 17.7 Å². The van der Waals surface area contributed by atoms with Gasteiger partial charge in [-0.05, 0) is 25.0 Å². The Hall–Kier alpha value is -1.39. The Morgan fingerprint density at radius 1 is 1.04 bits per heavy atom. The zero-order chi connectivity index (χ0) is 17.1. The molecule has 23 heavy (non-hydrogen) atoms. The quantitative estimate of drug-likeness (QED) is 0.215. The molecule has 0 aliphatic rings. The second kappa shape index (κ2) is 10.4. The molecule has 1 rings (SSSR count). The van der Waals surface area contributed by atoms with Crippen molar-refractivity contribution in [3.05, 3.63) is 34.4 Å². The number of nitro benzene ring substituents is 1. The fourth-order valence-electron chi connectivity index (χ4n) is 2.01. The Bertz CT molecular complexity index is 518. The first-order valence-electron chi connectivity index (χ1n) is 8.18. The van der Waals surface area contributed by atoms with E-state index in [4.69, 9.17) is 9.05 Å². The van der Waals surface area contributed by atoms with Gasteiger partial charge in [0.25, 0.3) is 5.69 Å². The lowest BCUT2D eigenvalue weighted by Gasteiger charge is -2.19. The summed E-state index contributed by atoms with van der Waals surface area (Å²) in [5.41, 5.74) is -0.0259. The third-order valence-corrected chi connectivity index (χ3v) is 5.29. The molecule has 1 aromatic carbocycles. The van der Waals surface area contributed by atoms with Gasteiger partial charge in [-0.15, -0.1) is 0 Å². The van der Waals surface area contributed by atoms with Crippen LogP contribution in [0.2, 0.25) is 0 Å². The van der Waals surface area contributed by atoms with Crippen LogP contribution in [0.5, 0.6) is 5.75 Å². The second-order valence-corrected chi connectivity index (χ2v) is 7.53. The minimum Gasteiger partial charge on any atom is -0.424 e. The molecule has 0 aliphatic heterocycles. The summed E-state index contributed by atoms with van der Waals surface area (Å²) in [4.78, 5) is 10.2. The highest BCUT2D eigenvalue weighted by molar-refractivity contribution is 7.54. The average molecular weight is 343 g/mol. The van der Waals surface area contributed by atoms with Crippen molar-refractivity contribution in [1.29, 1.82) is 0 Å². The number of hydrogen-bond donors (Lipinski definition) is 0. The van der Waals surface area contributed by atoms with Gasteiger partial charge in [-0.25, -0.2) is 4.57 Å². The number of nitro groups is 1. The lowest BCUT2D eigenvalue weighted by molar-refractivity contribution is -0.384. The molecule has 0 saturated carbocycles. The van der Waals surface area contributed by atoms with E-state index < -0.39 is 12.5 Å². The van der Waals surface area contributed by atoms with Gasteiger partial charge in [-0.2, -0.15) is 0 Å². The summed E-state index contributed by atoms with van der Waals surface area (Å²) in [6, 6.07) is 5.59. The molecule has 0 amide bonds. The summed E-state index contributed by atoms with van der Waals surface area (Å²) < 4.78 is 24.0. The predicted octanol–water partition coefficient (Wildman–Crippen LogP) is 5.56. The van der Waals surface area contributed by atoms with Gasteiger partial charge in [0.2, 0.25) is 0 Å². The second-order valence-electron chi connectivity index (χ2n) is 5.42. The Morgan fingerprint density at radius 3 is 2.26 bits per heavy atom. The smallest absolute Gasteiger partial charge is 0.379 e. The molecule has 0 bridgehead atoms. The van der Waals surface area contributed by atoms with E-state index >= 15 is 0 Å². The molecule has 1 aromatic rings. The maximum absolute atomic E-state index is 12.9.